The first-order chi connectivity index (χ1) is 12.5. The highest BCUT2D eigenvalue weighted by molar-refractivity contribution is 7.22. The number of thiazole rings is 1. The standard InChI is InChI=1S/C17H20F6N2OS/c1-2-3-4-5-6-9-24-14-25-12-8-7-11(10-13(12)27-14)15(26,16(18,19)20)17(21,22)23/h7-8,10,26H,2-6,9H2,1H3,(H,24,25). The van der Waals surface area contributed by atoms with Gasteiger partial charge in [0.2, 0.25) is 0 Å². The van der Waals surface area contributed by atoms with Crippen molar-refractivity contribution in [3.63, 3.8) is 0 Å². The maximum absolute atomic E-state index is 13.0. The highest BCUT2D eigenvalue weighted by atomic mass is 32.1. The van der Waals surface area contributed by atoms with Crippen molar-refractivity contribution in [2.45, 2.75) is 57.0 Å². The van der Waals surface area contributed by atoms with Gasteiger partial charge in [-0.05, 0) is 18.6 Å². The number of aliphatic hydroxyl groups is 1. The summed E-state index contributed by atoms with van der Waals surface area (Å²) in [6.07, 6.45) is -6.51. The SMILES string of the molecule is CCCCCCCNc1nc2ccc(C(O)(C(F)(F)F)C(F)(F)F)cc2s1. The highest BCUT2D eigenvalue weighted by Gasteiger charge is 2.71. The second-order valence-electron chi connectivity index (χ2n) is 6.25. The molecule has 152 valence electrons. The lowest BCUT2D eigenvalue weighted by molar-refractivity contribution is -0.376. The van der Waals surface area contributed by atoms with E-state index in [0.717, 1.165) is 49.5 Å². The molecule has 1 heterocycles. The van der Waals surface area contributed by atoms with E-state index in [1.54, 1.807) is 0 Å². The molecule has 0 bridgehead atoms. The molecule has 1 aromatic heterocycles. The summed E-state index contributed by atoms with van der Waals surface area (Å²) in [5.41, 5.74) is -5.93. The van der Waals surface area contributed by atoms with Crippen molar-refractivity contribution in [2.24, 2.45) is 0 Å². The third-order valence-electron chi connectivity index (χ3n) is 4.18. The predicted molar refractivity (Wildman–Crippen MR) is 92.9 cm³/mol. The molecule has 0 aliphatic rings. The second kappa shape index (κ2) is 8.22. The van der Waals surface area contributed by atoms with Gasteiger partial charge in [0, 0.05) is 12.1 Å². The van der Waals surface area contributed by atoms with E-state index in [4.69, 9.17) is 0 Å². The van der Waals surface area contributed by atoms with Crippen molar-refractivity contribution >= 4 is 26.7 Å². The Hall–Kier alpha value is -1.55. The fraction of sp³-hybridized carbons (Fsp3) is 0.588. The van der Waals surface area contributed by atoms with Crippen LogP contribution in [0.2, 0.25) is 0 Å². The zero-order valence-corrected chi connectivity index (χ0v) is 15.4. The Morgan fingerprint density at radius 2 is 1.63 bits per heavy atom. The predicted octanol–water partition coefficient (Wildman–Crippen LogP) is 5.99. The molecule has 3 nitrogen and oxygen atoms in total. The van der Waals surface area contributed by atoms with Crippen LogP contribution in [0.3, 0.4) is 0 Å². The van der Waals surface area contributed by atoms with Gasteiger partial charge in [0.25, 0.3) is 5.60 Å². The van der Waals surface area contributed by atoms with Gasteiger partial charge >= 0.3 is 12.4 Å². The van der Waals surface area contributed by atoms with Crippen molar-refractivity contribution in [3.8, 4) is 0 Å². The Bertz CT molecular complexity index is 742. The molecular weight excluding hydrogens is 394 g/mol. The molecule has 1 aromatic carbocycles. The topological polar surface area (TPSA) is 45.2 Å². The molecule has 0 aliphatic carbocycles. The minimum atomic E-state index is -5.90. The van der Waals surface area contributed by atoms with Crippen molar-refractivity contribution in [3.05, 3.63) is 23.8 Å². The Balaban J connectivity index is 2.20. The number of hydrogen-bond donors (Lipinski definition) is 2. The molecule has 0 radical (unpaired) electrons. The first-order valence-electron chi connectivity index (χ1n) is 8.51. The number of anilines is 1. The monoisotopic (exact) mass is 414 g/mol. The molecule has 0 amide bonds. The van der Waals surface area contributed by atoms with Crippen LogP contribution in [0, 0.1) is 0 Å². The smallest absolute Gasteiger partial charge is 0.369 e. The Kier molecular flexibility index (Phi) is 6.62. The molecule has 27 heavy (non-hydrogen) atoms. The molecule has 2 rings (SSSR count). The van der Waals surface area contributed by atoms with Crippen LogP contribution in [0.25, 0.3) is 10.2 Å². The van der Waals surface area contributed by atoms with Gasteiger partial charge in [0.05, 0.1) is 10.2 Å². The number of aromatic nitrogens is 1. The van der Waals surface area contributed by atoms with E-state index < -0.39 is 23.5 Å². The van der Waals surface area contributed by atoms with Crippen LogP contribution in [-0.4, -0.2) is 29.0 Å². The number of unbranched alkanes of at least 4 members (excludes halogenated alkanes) is 4. The fourth-order valence-electron chi connectivity index (χ4n) is 2.64. The zero-order chi connectivity index (χ0) is 20.3. The summed E-state index contributed by atoms with van der Waals surface area (Å²) >= 11 is 0.949. The van der Waals surface area contributed by atoms with Crippen LogP contribution in [0.5, 0.6) is 0 Å². The average Bonchev–Trinajstić information content (AvgIpc) is 2.97. The quantitative estimate of drug-likeness (QED) is 0.412. The first kappa shape index (κ1) is 21.7. The Morgan fingerprint density at radius 1 is 1.00 bits per heavy atom. The molecule has 2 N–H and O–H groups in total. The molecule has 10 heteroatoms. The van der Waals surface area contributed by atoms with Crippen LogP contribution < -0.4 is 5.32 Å². The summed E-state index contributed by atoms with van der Waals surface area (Å²) in [7, 11) is 0. The number of fused-ring (bicyclic) bond motifs is 1. The highest BCUT2D eigenvalue weighted by Crippen LogP contribution is 2.50. The summed E-state index contributed by atoms with van der Waals surface area (Å²) in [6, 6.07) is 2.36. The average molecular weight is 414 g/mol. The van der Waals surface area contributed by atoms with Gasteiger partial charge in [-0.25, -0.2) is 4.98 Å². The molecule has 0 saturated heterocycles. The number of alkyl halides is 6. The molecular formula is C17H20F6N2OS. The van der Waals surface area contributed by atoms with Crippen LogP contribution in [0.4, 0.5) is 31.5 Å². The second-order valence-corrected chi connectivity index (χ2v) is 7.28. The minimum absolute atomic E-state index is 0.132. The van der Waals surface area contributed by atoms with E-state index >= 15 is 0 Å². The van der Waals surface area contributed by atoms with E-state index in [9.17, 15) is 31.4 Å². The van der Waals surface area contributed by atoms with E-state index in [1.807, 2.05) is 0 Å². The Morgan fingerprint density at radius 3 is 2.22 bits per heavy atom. The van der Waals surface area contributed by atoms with Gasteiger partial charge in [0.15, 0.2) is 5.13 Å². The van der Waals surface area contributed by atoms with E-state index in [1.165, 1.54) is 0 Å². The number of halogens is 6. The summed E-state index contributed by atoms with van der Waals surface area (Å²) in [5, 5.41) is 12.9. The lowest BCUT2D eigenvalue weighted by Crippen LogP contribution is -2.53. The lowest BCUT2D eigenvalue weighted by Gasteiger charge is -2.32. The van der Waals surface area contributed by atoms with Crippen molar-refractivity contribution < 1.29 is 31.4 Å². The van der Waals surface area contributed by atoms with Crippen LogP contribution >= 0.6 is 11.3 Å². The molecule has 0 atom stereocenters. The molecule has 0 saturated carbocycles. The molecule has 0 fully saturated rings. The van der Waals surface area contributed by atoms with Gasteiger partial charge in [0.1, 0.15) is 0 Å². The maximum atomic E-state index is 13.0. The van der Waals surface area contributed by atoms with Crippen molar-refractivity contribution in [1.29, 1.82) is 0 Å². The van der Waals surface area contributed by atoms with Gasteiger partial charge in [-0.3, -0.25) is 0 Å². The number of rotatable bonds is 8. The van der Waals surface area contributed by atoms with E-state index in [2.05, 4.69) is 17.2 Å². The third kappa shape index (κ3) is 4.66. The van der Waals surface area contributed by atoms with Gasteiger partial charge in [-0.1, -0.05) is 50.0 Å². The molecule has 0 aliphatic heterocycles. The third-order valence-corrected chi connectivity index (χ3v) is 5.16. The zero-order valence-electron chi connectivity index (χ0n) is 14.5. The van der Waals surface area contributed by atoms with Crippen molar-refractivity contribution in [1.82, 2.24) is 4.98 Å². The number of hydrogen-bond acceptors (Lipinski definition) is 4. The van der Waals surface area contributed by atoms with Gasteiger partial charge in [-0.15, -0.1) is 0 Å². The van der Waals surface area contributed by atoms with Gasteiger partial charge < -0.3 is 10.4 Å². The van der Waals surface area contributed by atoms with Crippen LogP contribution in [0.15, 0.2) is 18.2 Å². The van der Waals surface area contributed by atoms with Crippen LogP contribution in [-0.2, 0) is 5.60 Å². The first-order valence-corrected chi connectivity index (χ1v) is 9.33. The fourth-order valence-corrected chi connectivity index (χ4v) is 3.57. The number of benzene rings is 1. The largest absolute Gasteiger partial charge is 0.430 e. The van der Waals surface area contributed by atoms with E-state index in [-0.39, 0.29) is 10.2 Å². The minimum Gasteiger partial charge on any atom is -0.369 e. The maximum Gasteiger partial charge on any atom is 0.430 e. The summed E-state index contributed by atoms with van der Waals surface area (Å²) in [5.74, 6) is 0. The Labute approximate surface area is 156 Å². The molecule has 0 spiro atoms. The molecule has 2 aromatic rings. The summed E-state index contributed by atoms with van der Waals surface area (Å²) in [4.78, 5) is 4.16. The number of nitrogens with zero attached hydrogens (tertiary/aromatic N) is 1. The van der Waals surface area contributed by atoms with Crippen LogP contribution in [0.1, 0.15) is 44.6 Å². The van der Waals surface area contributed by atoms with Crippen molar-refractivity contribution in [2.75, 3.05) is 11.9 Å². The number of nitrogens with one attached hydrogen (secondary N) is 1. The lowest BCUT2D eigenvalue weighted by atomic mass is 9.92. The summed E-state index contributed by atoms with van der Waals surface area (Å²) in [6.45, 7) is 2.72. The summed E-state index contributed by atoms with van der Waals surface area (Å²) < 4.78 is 78.1. The van der Waals surface area contributed by atoms with Gasteiger partial charge in [-0.2, -0.15) is 26.3 Å². The normalized spacial score (nSPS) is 13.3. The van der Waals surface area contributed by atoms with E-state index in [0.29, 0.717) is 23.8 Å². The molecule has 0 unspecified atom stereocenters.